The smallest absolute Gasteiger partial charge is 0.192 e. The van der Waals surface area contributed by atoms with Gasteiger partial charge in [-0.15, -0.1) is 0 Å². The lowest BCUT2D eigenvalue weighted by Crippen LogP contribution is -2.53. The first-order valence-electron chi connectivity index (χ1n) is 12.9. The molecule has 1 aliphatic heterocycles. The number of ketones is 3. The fourth-order valence-corrected chi connectivity index (χ4v) is 6.81. The molecule has 7 rings (SSSR count). The van der Waals surface area contributed by atoms with Crippen molar-refractivity contribution < 1.29 is 14.4 Å². The van der Waals surface area contributed by atoms with Gasteiger partial charge < -0.3 is 5.32 Å². The van der Waals surface area contributed by atoms with E-state index >= 15 is 0 Å². The maximum Gasteiger partial charge on any atom is 0.192 e. The maximum atomic E-state index is 14.7. The molecule has 4 nitrogen and oxygen atoms in total. The third-order valence-corrected chi connectivity index (χ3v) is 8.36. The summed E-state index contributed by atoms with van der Waals surface area (Å²) in [5.41, 5.74) is 5.58. The number of carbonyl (C=O) groups is 3. The molecular weight excluding hydrogens is 470 g/mol. The van der Waals surface area contributed by atoms with Gasteiger partial charge in [0.05, 0.1) is 11.7 Å². The van der Waals surface area contributed by atoms with Crippen molar-refractivity contribution in [2.24, 2.45) is 5.41 Å². The molecule has 0 saturated heterocycles. The van der Waals surface area contributed by atoms with Gasteiger partial charge in [-0.05, 0) is 25.0 Å². The first kappa shape index (κ1) is 22.6. The third kappa shape index (κ3) is 2.83. The summed E-state index contributed by atoms with van der Waals surface area (Å²) in [7, 11) is 0. The van der Waals surface area contributed by atoms with Crippen LogP contribution in [0.25, 0.3) is 5.70 Å². The molecule has 2 atom stereocenters. The molecule has 0 bridgehead atoms. The van der Waals surface area contributed by atoms with Gasteiger partial charge in [0, 0.05) is 33.7 Å². The number of hydrogen-bond donors (Lipinski definition) is 1. The average Bonchev–Trinajstić information content (AvgIpc) is 3.33. The number of carbonyl (C=O) groups excluding carboxylic acids is 3. The minimum Gasteiger partial charge on any atom is -0.376 e. The molecule has 0 aromatic heterocycles. The molecule has 0 saturated carbocycles. The second-order valence-corrected chi connectivity index (χ2v) is 10.6. The molecule has 1 spiro atoms. The summed E-state index contributed by atoms with van der Waals surface area (Å²) in [6.45, 7) is 3.99. The summed E-state index contributed by atoms with van der Waals surface area (Å²) in [6.07, 6.45) is 0. The molecule has 1 heterocycles. The highest BCUT2D eigenvalue weighted by Crippen LogP contribution is 2.62. The topological polar surface area (TPSA) is 63.2 Å². The van der Waals surface area contributed by atoms with Crippen LogP contribution < -0.4 is 5.32 Å². The number of hydrogen-bond acceptors (Lipinski definition) is 4. The molecule has 4 aromatic carbocycles. The summed E-state index contributed by atoms with van der Waals surface area (Å²) >= 11 is 0. The molecular formula is C34H25NO3. The Morgan fingerprint density at radius 3 is 1.74 bits per heavy atom. The molecule has 4 heteroatoms. The van der Waals surface area contributed by atoms with E-state index in [2.05, 4.69) is 5.32 Å². The van der Waals surface area contributed by atoms with E-state index in [1.165, 1.54) is 0 Å². The molecule has 38 heavy (non-hydrogen) atoms. The van der Waals surface area contributed by atoms with E-state index in [9.17, 15) is 14.4 Å². The number of rotatable bonds is 2. The lowest BCUT2D eigenvalue weighted by atomic mass is 9.57. The molecule has 1 N–H and O–H groups in total. The van der Waals surface area contributed by atoms with Crippen LogP contribution in [0.2, 0.25) is 0 Å². The van der Waals surface area contributed by atoms with E-state index in [0.717, 1.165) is 27.8 Å². The van der Waals surface area contributed by atoms with Crippen molar-refractivity contribution >= 4 is 23.0 Å². The Morgan fingerprint density at radius 2 is 1.13 bits per heavy atom. The Labute approximate surface area is 221 Å². The van der Waals surface area contributed by atoms with Gasteiger partial charge in [-0.2, -0.15) is 0 Å². The van der Waals surface area contributed by atoms with Crippen LogP contribution in [0.5, 0.6) is 0 Å². The molecule has 0 fully saturated rings. The van der Waals surface area contributed by atoms with Crippen LogP contribution in [-0.4, -0.2) is 17.3 Å². The van der Waals surface area contributed by atoms with E-state index in [4.69, 9.17) is 0 Å². The molecule has 0 amide bonds. The Bertz CT molecular complexity index is 1710. The van der Waals surface area contributed by atoms with Crippen molar-refractivity contribution in [3.8, 4) is 0 Å². The van der Waals surface area contributed by atoms with E-state index < -0.39 is 17.4 Å². The minimum atomic E-state index is -1.55. The summed E-state index contributed by atoms with van der Waals surface area (Å²) < 4.78 is 0. The van der Waals surface area contributed by atoms with Gasteiger partial charge in [0.15, 0.2) is 17.3 Å². The van der Waals surface area contributed by atoms with Crippen molar-refractivity contribution in [2.45, 2.75) is 25.8 Å². The van der Waals surface area contributed by atoms with Crippen molar-refractivity contribution in [1.29, 1.82) is 0 Å². The van der Waals surface area contributed by atoms with E-state index in [0.29, 0.717) is 28.0 Å². The number of Topliss-reactive ketones (excluding diaryl/α,β-unsaturated/α-hetero) is 3. The molecule has 4 aromatic rings. The highest BCUT2D eigenvalue weighted by Gasteiger charge is 2.67. The highest BCUT2D eigenvalue weighted by molar-refractivity contribution is 6.33. The second-order valence-electron chi connectivity index (χ2n) is 10.6. The van der Waals surface area contributed by atoms with Crippen molar-refractivity contribution in [1.82, 2.24) is 5.32 Å². The number of fused-ring (bicyclic) bond motifs is 3. The Morgan fingerprint density at radius 1 is 0.605 bits per heavy atom. The lowest BCUT2D eigenvalue weighted by molar-refractivity contribution is 0.0583. The van der Waals surface area contributed by atoms with E-state index in [1.807, 2.05) is 86.6 Å². The first-order chi connectivity index (χ1) is 18.4. The standard InChI is InChI=1S/C34H25NO3/c1-19-9-7-11-21(17-19)28-27-29(23-13-3-4-14-24(23)30(27)36)35-31(22-12-8-10-20(2)18-22)34(28)32(37)25-15-5-6-16-26(25)33(34)38/h3-18,28,31,35H,1-2H3. The highest BCUT2D eigenvalue weighted by atomic mass is 16.2. The normalized spacial score (nSPS) is 20.8. The monoisotopic (exact) mass is 495 g/mol. The van der Waals surface area contributed by atoms with Gasteiger partial charge in [-0.3, -0.25) is 14.4 Å². The summed E-state index contributed by atoms with van der Waals surface area (Å²) in [5.74, 6) is -1.36. The van der Waals surface area contributed by atoms with Crippen LogP contribution in [0.15, 0.2) is 103 Å². The third-order valence-electron chi connectivity index (χ3n) is 8.36. The zero-order valence-electron chi connectivity index (χ0n) is 21.1. The van der Waals surface area contributed by atoms with Crippen LogP contribution in [0.3, 0.4) is 0 Å². The molecule has 0 radical (unpaired) electrons. The molecule has 3 aliphatic rings. The predicted molar refractivity (Wildman–Crippen MR) is 146 cm³/mol. The van der Waals surface area contributed by atoms with Gasteiger partial charge in [-0.1, -0.05) is 108 Å². The number of allylic oxidation sites excluding steroid dienone is 1. The van der Waals surface area contributed by atoms with Gasteiger partial charge in [0.1, 0.15) is 5.41 Å². The van der Waals surface area contributed by atoms with Crippen molar-refractivity contribution in [2.75, 3.05) is 0 Å². The number of aryl methyl sites for hydroxylation is 2. The average molecular weight is 496 g/mol. The predicted octanol–water partition coefficient (Wildman–Crippen LogP) is 6.40. The fraction of sp³-hybridized carbons (Fsp3) is 0.147. The number of nitrogens with one attached hydrogen (secondary N) is 1. The van der Waals surface area contributed by atoms with Crippen LogP contribution in [0.4, 0.5) is 0 Å². The van der Waals surface area contributed by atoms with Crippen LogP contribution in [0.1, 0.15) is 70.9 Å². The Kier molecular flexibility index (Phi) is 4.74. The summed E-state index contributed by atoms with van der Waals surface area (Å²) in [6, 6.07) is 29.8. The molecule has 2 aliphatic carbocycles. The lowest BCUT2D eigenvalue weighted by Gasteiger charge is -2.46. The van der Waals surface area contributed by atoms with Crippen molar-refractivity contribution in [3.63, 3.8) is 0 Å². The largest absolute Gasteiger partial charge is 0.376 e. The second kappa shape index (κ2) is 7.96. The maximum absolute atomic E-state index is 14.7. The Balaban J connectivity index is 1.61. The zero-order valence-corrected chi connectivity index (χ0v) is 21.1. The van der Waals surface area contributed by atoms with Crippen molar-refractivity contribution in [3.05, 3.63) is 147 Å². The van der Waals surface area contributed by atoms with Gasteiger partial charge in [-0.25, -0.2) is 0 Å². The van der Waals surface area contributed by atoms with Crippen LogP contribution in [-0.2, 0) is 0 Å². The minimum absolute atomic E-state index is 0.131. The van der Waals surface area contributed by atoms with Gasteiger partial charge in [0.25, 0.3) is 0 Å². The van der Waals surface area contributed by atoms with Gasteiger partial charge >= 0.3 is 0 Å². The van der Waals surface area contributed by atoms with E-state index in [1.54, 1.807) is 24.3 Å². The SMILES string of the molecule is Cc1cccc(C2NC3=C(C(=O)c4ccccc43)C(c3cccc(C)c3)C23C(=O)c2ccccc2C3=O)c1. The van der Waals surface area contributed by atoms with Gasteiger partial charge in [0.2, 0.25) is 0 Å². The molecule has 2 unspecified atom stereocenters. The zero-order chi connectivity index (χ0) is 26.2. The fourth-order valence-electron chi connectivity index (χ4n) is 6.81. The summed E-state index contributed by atoms with van der Waals surface area (Å²) in [5, 5.41) is 3.61. The quantitative estimate of drug-likeness (QED) is 0.327. The summed E-state index contributed by atoms with van der Waals surface area (Å²) in [4.78, 5) is 43.5. The van der Waals surface area contributed by atoms with Crippen LogP contribution in [0, 0.1) is 19.3 Å². The number of benzene rings is 4. The van der Waals surface area contributed by atoms with Crippen LogP contribution >= 0.6 is 0 Å². The first-order valence-corrected chi connectivity index (χ1v) is 12.9. The van der Waals surface area contributed by atoms with E-state index in [-0.39, 0.29) is 17.3 Å². The Hall–Kier alpha value is -4.57. The molecule has 184 valence electrons.